The topological polar surface area (TPSA) is 107 Å². The summed E-state index contributed by atoms with van der Waals surface area (Å²) in [5.41, 5.74) is 3.03. The number of hydrogen-bond acceptors (Lipinski definition) is 6. The van der Waals surface area contributed by atoms with Crippen LogP contribution in [0.2, 0.25) is 0 Å². The van der Waals surface area contributed by atoms with Crippen LogP contribution in [0.4, 0.5) is 0 Å². The van der Waals surface area contributed by atoms with Gasteiger partial charge in [0.2, 0.25) is 5.89 Å². The molecule has 0 aliphatic heterocycles. The number of rotatable bonds is 4. The molecule has 0 N–H and O–H groups in total. The fourth-order valence-electron chi connectivity index (χ4n) is 4.55. The molecule has 9 nitrogen and oxygen atoms in total. The standard InChI is InChI=1S/C22H23N7O2/c1-27-13-17(11-24-27)21-26-25-20(31-21)16-6-3-14(4-7-16)12-29-19-9-15(10-23)5-8-18(19)28(2)22(29)30/h5,8-9,11,13-14,16H,3-4,6-7,12H2,1-2H3. The van der Waals surface area contributed by atoms with E-state index < -0.39 is 0 Å². The summed E-state index contributed by atoms with van der Waals surface area (Å²) in [5, 5.41) is 21.8. The summed E-state index contributed by atoms with van der Waals surface area (Å²) in [6.07, 6.45) is 7.43. The van der Waals surface area contributed by atoms with Crippen molar-refractivity contribution < 1.29 is 4.42 Å². The minimum absolute atomic E-state index is 0.0368. The van der Waals surface area contributed by atoms with Crippen molar-refractivity contribution in [1.29, 1.82) is 5.26 Å². The van der Waals surface area contributed by atoms with Crippen molar-refractivity contribution in [3.05, 3.63) is 52.5 Å². The number of imidazole rings is 1. The van der Waals surface area contributed by atoms with Crippen LogP contribution in [-0.4, -0.2) is 29.1 Å². The molecule has 1 aliphatic carbocycles. The third-order valence-electron chi connectivity index (χ3n) is 6.30. The molecule has 31 heavy (non-hydrogen) atoms. The molecule has 158 valence electrons. The van der Waals surface area contributed by atoms with Gasteiger partial charge in [-0.15, -0.1) is 10.2 Å². The van der Waals surface area contributed by atoms with E-state index in [0.717, 1.165) is 42.3 Å². The van der Waals surface area contributed by atoms with Crippen molar-refractivity contribution in [3.63, 3.8) is 0 Å². The molecule has 3 aromatic heterocycles. The lowest BCUT2D eigenvalue weighted by Gasteiger charge is -2.26. The third-order valence-corrected chi connectivity index (χ3v) is 6.30. The number of fused-ring (bicyclic) bond motifs is 1. The second-order valence-corrected chi connectivity index (χ2v) is 8.33. The number of nitrogens with zero attached hydrogens (tertiary/aromatic N) is 7. The van der Waals surface area contributed by atoms with E-state index in [1.165, 1.54) is 0 Å². The molecule has 0 amide bonds. The van der Waals surface area contributed by atoms with E-state index in [9.17, 15) is 10.1 Å². The van der Waals surface area contributed by atoms with Crippen molar-refractivity contribution in [2.45, 2.75) is 38.1 Å². The molecule has 0 atom stereocenters. The van der Waals surface area contributed by atoms with Crippen LogP contribution in [0.1, 0.15) is 43.1 Å². The van der Waals surface area contributed by atoms with E-state index in [1.807, 2.05) is 23.9 Å². The number of benzene rings is 1. The number of aromatic nitrogens is 6. The van der Waals surface area contributed by atoms with Crippen LogP contribution in [0.25, 0.3) is 22.5 Å². The second-order valence-electron chi connectivity index (χ2n) is 8.33. The summed E-state index contributed by atoms with van der Waals surface area (Å²) in [5.74, 6) is 1.81. The van der Waals surface area contributed by atoms with Gasteiger partial charge in [0.1, 0.15) is 0 Å². The first-order chi connectivity index (χ1) is 15.0. The highest BCUT2D eigenvalue weighted by Crippen LogP contribution is 2.36. The van der Waals surface area contributed by atoms with Crippen LogP contribution in [0.5, 0.6) is 0 Å². The maximum atomic E-state index is 12.8. The average molecular weight is 417 g/mol. The van der Waals surface area contributed by atoms with E-state index in [0.29, 0.717) is 29.8 Å². The molecule has 5 rings (SSSR count). The maximum Gasteiger partial charge on any atom is 0.328 e. The van der Waals surface area contributed by atoms with Gasteiger partial charge in [-0.05, 0) is 49.8 Å². The summed E-state index contributed by atoms with van der Waals surface area (Å²) in [6, 6.07) is 7.57. The molecule has 0 spiro atoms. The van der Waals surface area contributed by atoms with Gasteiger partial charge in [0, 0.05) is 32.8 Å². The normalized spacial score (nSPS) is 19.0. The Morgan fingerprint density at radius 2 is 1.97 bits per heavy atom. The van der Waals surface area contributed by atoms with Gasteiger partial charge in [-0.2, -0.15) is 10.4 Å². The minimum atomic E-state index is -0.0368. The Bertz CT molecular complexity index is 1340. The molecule has 4 aromatic rings. The Kier molecular flexibility index (Phi) is 4.70. The molecular formula is C22H23N7O2. The fourth-order valence-corrected chi connectivity index (χ4v) is 4.55. The lowest BCUT2D eigenvalue weighted by Crippen LogP contribution is -2.27. The van der Waals surface area contributed by atoms with Crippen LogP contribution < -0.4 is 5.69 Å². The van der Waals surface area contributed by atoms with Gasteiger partial charge in [0.15, 0.2) is 0 Å². The second kappa shape index (κ2) is 7.54. The number of aryl methyl sites for hydroxylation is 2. The minimum Gasteiger partial charge on any atom is -0.420 e. The molecule has 0 radical (unpaired) electrons. The summed E-state index contributed by atoms with van der Waals surface area (Å²) >= 11 is 0. The van der Waals surface area contributed by atoms with Crippen molar-refractivity contribution in [2.24, 2.45) is 20.0 Å². The molecule has 0 saturated heterocycles. The van der Waals surface area contributed by atoms with Crippen LogP contribution in [0.3, 0.4) is 0 Å². The molecule has 1 fully saturated rings. The van der Waals surface area contributed by atoms with Crippen molar-refractivity contribution >= 4 is 11.0 Å². The van der Waals surface area contributed by atoms with Gasteiger partial charge in [0.05, 0.1) is 34.4 Å². The first kappa shape index (κ1) is 19.3. The zero-order chi connectivity index (χ0) is 21.5. The summed E-state index contributed by atoms with van der Waals surface area (Å²) in [6.45, 7) is 0.655. The Hall–Kier alpha value is -3.67. The SMILES string of the molecule is Cn1cc(-c2nnc(C3CCC(Cn4c(=O)n(C)c5ccc(C#N)cc54)CC3)o2)cn1. The van der Waals surface area contributed by atoms with Gasteiger partial charge in [0.25, 0.3) is 5.89 Å². The smallest absolute Gasteiger partial charge is 0.328 e. The lowest BCUT2D eigenvalue weighted by molar-refractivity contribution is 0.270. The van der Waals surface area contributed by atoms with Gasteiger partial charge < -0.3 is 4.42 Å². The van der Waals surface area contributed by atoms with Crippen molar-refractivity contribution in [3.8, 4) is 17.5 Å². The van der Waals surface area contributed by atoms with E-state index in [1.54, 1.807) is 34.6 Å². The number of hydrogen-bond donors (Lipinski definition) is 0. The molecule has 1 aromatic carbocycles. The van der Waals surface area contributed by atoms with Crippen molar-refractivity contribution in [1.82, 2.24) is 29.1 Å². The van der Waals surface area contributed by atoms with E-state index in [4.69, 9.17) is 4.42 Å². The first-order valence-corrected chi connectivity index (χ1v) is 10.4. The van der Waals surface area contributed by atoms with E-state index in [2.05, 4.69) is 21.4 Å². The molecule has 3 heterocycles. The summed E-state index contributed by atoms with van der Waals surface area (Å²) < 4.78 is 11.1. The maximum absolute atomic E-state index is 12.8. The number of nitriles is 1. The Morgan fingerprint density at radius 3 is 2.68 bits per heavy atom. The third kappa shape index (κ3) is 3.44. The van der Waals surface area contributed by atoms with E-state index in [-0.39, 0.29) is 11.6 Å². The Morgan fingerprint density at radius 1 is 1.16 bits per heavy atom. The van der Waals surface area contributed by atoms with E-state index >= 15 is 0 Å². The Labute approximate surface area is 178 Å². The summed E-state index contributed by atoms with van der Waals surface area (Å²) in [4.78, 5) is 12.8. The molecular weight excluding hydrogens is 394 g/mol. The van der Waals surface area contributed by atoms with Gasteiger partial charge in [-0.3, -0.25) is 13.8 Å². The molecule has 1 saturated carbocycles. The van der Waals surface area contributed by atoms with Crippen LogP contribution in [0, 0.1) is 17.2 Å². The zero-order valence-electron chi connectivity index (χ0n) is 17.5. The predicted molar refractivity (Wildman–Crippen MR) is 113 cm³/mol. The van der Waals surface area contributed by atoms with Gasteiger partial charge in [-0.25, -0.2) is 4.79 Å². The Balaban J connectivity index is 1.30. The first-order valence-electron chi connectivity index (χ1n) is 10.4. The molecule has 9 heteroatoms. The molecule has 0 unspecified atom stereocenters. The monoisotopic (exact) mass is 417 g/mol. The fraction of sp³-hybridized carbons (Fsp3) is 0.409. The largest absolute Gasteiger partial charge is 0.420 e. The van der Waals surface area contributed by atoms with Crippen LogP contribution >= 0.6 is 0 Å². The van der Waals surface area contributed by atoms with Crippen molar-refractivity contribution in [2.75, 3.05) is 0 Å². The predicted octanol–water partition coefficient (Wildman–Crippen LogP) is 2.97. The average Bonchev–Trinajstić information content (AvgIpc) is 3.50. The van der Waals surface area contributed by atoms with Gasteiger partial charge >= 0.3 is 5.69 Å². The quantitative estimate of drug-likeness (QED) is 0.505. The highest BCUT2D eigenvalue weighted by Gasteiger charge is 2.28. The highest BCUT2D eigenvalue weighted by molar-refractivity contribution is 5.77. The van der Waals surface area contributed by atoms with Crippen LogP contribution in [0.15, 0.2) is 39.8 Å². The highest BCUT2D eigenvalue weighted by atomic mass is 16.4. The molecule has 1 aliphatic rings. The van der Waals surface area contributed by atoms with Gasteiger partial charge in [-0.1, -0.05) is 0 Å². The molecule has 0 bridgehead atoms. The zero-order valence-corrected chi connectivity index (χ0v) is 17.5. The lowest BCUT2D eigenvalue weighted by atomic mass is 9.82. The summed E-state index contributed by atoms with van der Waals surface area (Å²) in [7, 11) is 3.63. The van der Waals surface area contributed by atoms with Crippen LogP contribution in [-0.2, 0) is 20.6 Å².